The number of para-hydroxylation sites is 1. The molecule has 0 unspecified atom stereocenters. The summed E-state index contributed by atoms with van der Waals surface area (Å²) in [5.41, 5.74) is 3.32. The molecule has 8 nitrogen and oxygen atoms in total. The molecule has 3 aromatic rings. The summed E-state index contributed by atoms with van der Waals surface area (Å²) in [6.07, 6.45) is 4.20. The van der Waals surface area contributed by atoms with Crippen molar-refractivity contribution in [1.29, 1.82) is 0 Å². The van der Waals surface area contributed by atoms with Gasteiger partial charge in [-0.15, -0.1) is 0 Å². The molecule has 4 amide bonds. The summed E-state index contributed by atoms with van der Waals surface area (Å²) in [5.74, 6) is -0.261. The minimum absolute atomic E-state index is 0.107. The molecule has 33 heavy (non-hydrogen) atoms. The smallest absolute Gasteiger partial charge is 0.329 e. The van der Waals surface area contributed by atoms with E-state index >= 15 is 0 Å². The number of hydrogen-bond donors (Lipinski definition) is 2. The molecule has 2 N–H and O–H groups in total. The van der Waals surface area contributed by atoms with Gasteiger partial charge in [-0.1, -0.05) is 25.1 Å². The highest BCUT2D eigenvalue weighted by molar-refractivity contribution is 6.15. The van der Waals surface area contributed by atoms with Gasteiger partial charge in [0, 0.05) is 23.3 Å². The monoisotopic (exact) mass is 444 g/mol. The minimum atomic E-state index is -0.632. The molecule has 0 spiro atoms. The SMILES string of the molecule is CCc1ccccc1NC(=O)CN1C(=O)N/C(=C/c2cccn2-c2ccc(OC)cc2)C1=O. The van der Waals surface area contributed by atoms with E-state index in [1.165, 1.54) is 0 Å². The molecule has 8 heteroatoms. The van der Waals surface area contributed by atoms with Crippen LogP contribution in [0.25, 0.3) is 11.8 Å². The Labute approximate surface area is 191 Å². The fraction of sp³-hybridized carbons (Fsp3) is 0.160. The Kier molecular flexibility index (Phi) is 6.26. The number of benzene rings is 2. The second-order valence-electron chi connectivity index (χ2n) is 7.44. The highest BCUT2D eigenvalue weighted by Crippen LogP contribution is 2.21. The number of hydrogen-bond acceptors (Lipinski definition) is 4. The van der Waals surface area contributed by atoms with Crippen molar-refractivity contribution in [2.24, 2.45) is 0 Å². The van der Waals surface area contributed by atoms with Gasteiger partial charge in [0.1, 0.15) is 18.0 Å². The number of methoxy groups -OCH3 is 1. The van der Waals surface area contributed by atoms with Gasteiger partial charge in [0.2, 0.25) is 5.91 Å². The predicted molar refractivity (Wildman–Crippen MR) is 125 cm³/mol. The Balaban J connectivity index is 1.49. The molecule has 1 aliphatic heterocycles. The second kappa shape index (κ2) is 9.44. The summed E-state index contributed by atoms with van der Waals surface area (Å²) in [4.78, 5) is 38.7. The number of nitrogens with one attached hydrogen (secondary N) is 2. The lowest BCUT2D eigenvalue weighted by atomic mass is 10.1. The van der Waals surface area contributed by atoms with Crippen LogP contribution in [0.3, 0.4) is 0 Å². The molecular weight excluding hydrogens is 420 g/mol. The van der Waals surface area contributed by atoms with Crippen molar-refractivity contribution in [3.8, 4) is 11.4 Å². The zero-order valence-electron chi connectivity index (χ0n) is 18.4. The Bertz CT molecular complexity index is 1230. The van der Waals surface area contributed by atoms with E-state index in [4.69, 9.17) is 4.74 Å². The van der Waals surface area contributed by atoms with E-state index < -0.39 is 17.8 Å². The molecule has 1 fully saturated rings. The van der Waals surface area contributed by atoms with E-state index in [9.17, 15) is 14.4 Å². The van der Waals surface area contributed by atoms with Crippen molar-refractivity contribution in [3.05, 3.63) is 83.8 Å². The number of carbonyl (C=O) groups excluding carboxylic acids is 3. The summed E-state index contributed by atoms with van der Waals surface area (Å²) < 4.78 is 7.07. The first-order chi connectivity index (χ1) is 16.0. The second-order valence-corrected chi connectivity index (χ2v) is 7.44. The lowest BCUT2D eigenvalue weighted by Gasteiger charge is -2.13. The third kappa shape index (κ3) is 4.64. The molecule has 0 atom stereocenters. The van der Waals surface area contributed by atoms with Crippen LogP contribution in [0.2, 0.25) is 0 Å². The van der Waals surface area contributed by atoms with E-state index in [1.54, 1.807) is 19.3 Å². The lowest BCUT2D eigenvalue weighted by Crippen LogP contribution is -2.38. The number of urea groups is 1. The molecule has 1 saturated heterocycles. The van der Waals surface area contributed by atoms with Gasteiger partial charge in [0.05, 0.1) is 7.11 Å². The number of anilines is 1. The van der Waals surface area contributed by atoms with Crippen LogP contribution in [0.4, 0.5) is 10.5 Å². The molecule has 2 heterocycles. The van der Waals surface area contributed by atoms with Crippen molar-refractivity contribution in [2.45, 2.75) is 13.3 Å². The van der Waals surface area contributed by atoms with Crippen molar-refractivity contribution < 1.29 is 19.1 Å². The minimum Gasteiger partial charge on any atom is -0.497 e. The van der Waals surface area contributed by atoms with E-state index in [-0.39, 0.29) is 12.2 Å². The maximum atomic E-state index is 12.9. The van der Waals surface area contributed by atoms with Gasteiger partial charge in [0.25, 0.3) is 5.91 Å². The van der Waals surface area contributed by atoms with Gasteiger partial charge in [-0.05, 0) is 60.5 Å². The van der Waals surface area contributed by atoms with Crippen LogP contribution in [0.15, 0.2) is 72.6 Å². The molecular formula is C25H24N4O4. The summed E-state index contributed by atoms with van der Waals surface area (Å²) in [6, 6.07) is 17.9. The van der Waals surface area contributed by atoms with E-state index in [1.807, 2.05) is 72.3 Å². The van der Waals surface area contributed by atoms with Crippen molar-refractivity contribution >= 4 is 29.6 Å². The molecule has 0 saturated carbocycles. The molecule has 2 aromatic carbocycles. The zero-order chi connectivity index (χ0) is 23.4. The Morgan fingerprint density at radius 1 is 1.06 bits per heavy atom. The quantitative estimate of drug-likeness (QED) is 0.430. The van der Waals surface area contributed by atoms with Crippen molar-refractivity contribution in [1.82, 2.24) is 14.8 Å². The van der Waals surface area contributed by atoms with E-state index in [2.05, 4.69) is 10.6 Å². The van der Waals surface area contributed by atoms with Gasteiger partial charge in [0.15, 0.2) is 0 Å². The first-order valence-electron chi connectivity index (χ1n) is 10.5. The van der Waals surface area contributed by atoms with E-state index in [0.29, 0.717) is 11.4 Å². The third-order valence-electron chi connectivity index (χ3n) is 5.36. The predicted octanol–water partition coefficient (Wildman–Crippen LogP) is 3.58. The summed E-state index contributed by atoms with van der Waals surface area (Å²) in [5, 5.41) is 5.35. The number of amides is 4. The number of ether oxygens (including phenoxy) is 1. The van der Waals surface area contributed by atoms with Crippen LogP contribution < -0.4 is 15.4 Å². The highest BCUT2D eigenvalue weighted by Gasteiger charge is 2.35. The van der Waals surface area contributed by atoms with Crippen LogP contribution in [0.1, 0.15) is 18.2 Å². The third-order valence-corrected chi connectivity index (χ3v) is 5.36. The normalized spacial score (nSPS) is 14.5. The van der Waals surface area contributed by atoms with E-state index in [0.717, 1.165) is 28.3 Å². The van der Waals surface area contributed by atoms with Crippen molar-refractivity contribution in [3.63, 3.8) is 0 Å². The molecule has 168 valence electrons. The van der Waals surface area contributed by atoms with Crippen molar-refractivity contribution in [2.75, 3.05) is 19.0 Å². The first kappa shape index (κ1) is 21.9. The van der Waals surface area contributed by atoms with Crippen LogP contribution in [-0.4, -0.2) is 41.0 Å². The fourth-order valence-corrected chi connectivity index (χ4v) is 3.64. The van der Waals surface area contributed by atoms with Crippen LogP contribution in [0.5, 0.6) is 5.75 Å². The van der Waals surface area contributed by atoms with Crippen LogP contribution >= 0.6 is 0 Å². The topological polar surface area (TPSA) is 92.7 Å². The average molecular weight is 444 g/mol. The molecule has 0 bridgehead atoms. The van der Waals surface area contributed by atoms with Gasteiger partial charge >= 0.3 is 6.03 Å². The Morgan fingerprint density at radius 2 is 1.82 bits per heavy atom. The maximum absolute atomic E-state index is 12.9. The summed E-state index contributed by atoms with van der Waals surface area (Å²) >= 11 is 0. The molecule has 4 rings (SSSR count). The van der Waals surface area contributed by atoms with Gasteiger partial charge in [-0.25, -0.2) is 9.69 Å². The lowest BCUT2D eigenvalue weighted by molar-refractivity contribution is -0.127. The largest absolute Gasteiger partial charge is 0.497 e. The van der Waals surface area contributed by atoms with Crippen LogP contribution in [-0.2, 0) is 16.0 Å². The van der Waals surface area contributed by atoms with Crippen LogP contribution in [0, 0.1) is 0 Å². The molecule has 0 radical (unpaired) electrons. The number of aromatic nitrogens is 1. The summed E-state index contributed by atoms with van der Waals surface area (Å²) in [7, 11) is 1.60. The Hall–Kier alpha value is -4.33. The molecule has 1 aliphatic rings. The molecule has 1 aromatic heterocycles. The number of nitrogens with zero attached hydrogens (tertiary/aromatic N) is 2. The number of carbonyl (C=O) groups is 3. The average Bonchev–Trinajstić information content (AvgIpc) is 3.39. The zero-order valence-corrected chi connectivity index (χ0v) is 18.4. The maximum Gasteiger partial charge on any atom is 0.329 e. The standard InChI is InChI=1S/C25H24N4O4/c1-3-17-7-4-5-9-21(17)26-23(30)16-29-24(31)22(27-25(29)32)15-19-8-6-14-28(19)18-10-12-20(33-2)13-11-18/h4-15H,3,16H2,1-2H3,(H,26,30)(H,27,32)/b22-15+. The number of imide groups is 1. The fourth-order valence-electron chi connectivity index (χ4n) is 3.64. The molecule has 0 aliphatic carbocycles. The number of aryl methyl sites for hydroxylation is 1. The number of rotatable bonds is 7. The van der Waals surface area contributed by atoms with Gasteiger partial charge < -0.3 is 19.9 Å². The first-order valence-corrected chi connectivity index (χ1v) is 10.5. The summed E-state index contributed by atoms with van der Waals surface area (Å²) in [6.45, 7) is 1.61. The highest BCUT2D eigenvalue weighted by atomic mass is 16.5. The Morgan fingerprint density at radius 3 is 2.55 bits per heavy atom. The van der Waals surface area contributed by atoms with Gasteiger partial charge in [-0.2, -0.15) is 0 Å². The van der Waals surface area contributed by atoms with Gasteiger partial charge in [-0.3, -0.25) is 9.59 Å².